The van der Waals surface area contributed by atoms with Crippen molar-refractivity contribution in [2.45, 2.75) is 13.8 Å². The van der Waals surface area contributed by atoms with Crippen LogP contribution in [0.15, 0.2) is 63.8 Å². The summed E-state index contributed by atoms with van der Waals surface area (Å²) >= 11 is 0. The molecule has 0 radical (unpaired) electrons. The average molecular weight is 448 g/mol. The summed E-state index contributed by atoms with van der Waals surface area (Å²) in [7, 11) is 3.00. The Hall–Kier alpha value is -4.13. The highest BCUT2D eigenvalue weighted by atomic mass is 19.1. The van der Waals surface area contributed by atoms with Gasteiger partial charge in [-0.2, -0.15) is 0 Å². The van der Waals surface area contributed by atoms with Crippen LogP contribution in [0.2, 0.25) is 0 Å². The van der Waals surface area contributed by atoms with Crippen LogP contribution in [0.25, 0.3) is 22.3 Å². The fraction of sp³-hybridized carbons (Fsp3) is 0.154. The van der Waals surface area contributed by atoms with E-state index < -0.39 is 17.2 Å². The first-order valence-electron chi connectivity index (χ1n) is 10.1. The van der Waals surface area contributed by atoms with Gasteiger partial charge >= 0.3 is 5.97 Å². The molecule has 0 unspecified atom stereocenters. The fourth-order valence-electron chi connectivity index (χ4n) is 3.63. The molecule has 0 spiro atoms. The third-order valence-electron chi connectivity index (χ3n) is 5.20. The zero-order valence-electron chi connectivity index (χ0n) is 18.5. The molecule has 0 atom stereocenters. The molecule has 0 saturated heterocycles. The Morgan fingerprint density at radius 2 is 1.61 bits per heavy atom. The Balaban J connectivity index is 1.95. The Bertz CT molecular complexity index is 1420. The standard InChI is InChI=1S/C26H21FO6/c1-14-11-15(2)23-19(12-14)22(28)25(33-26(29)16-5-8-18(27)9-6-16)24(32-23)17-7-10-20(30-3)21(13-17)31-4/h5-13H,1-4H3. The van der Waals surface area contributed by atoms with Crippen LogP contribution in [0.1, 0.15) is 21.5 Å². The second-order valence-electron chi connectivity index (χ2n) is 7.51. The van der Waals surface area contributed by atoms with Gasteiger partial charge in [-0.05, 0) is 73.5 Å². The minimum absolute atomic E-state index is 0.0656. The number of fused-ring (bicyclic) bond motifs is 1. The van der Waals surface area contributed by atoms with E-state index in [0.717, 1.165) is 23.3 Å². The van der Waals surface area contributed by atoms with Gasteiger partial charge in [0, 0.05) is 5.56 Å². The van der Waals surface area contributed by atoms with E-state index in [1.165, 1.54) is 26.4 Å². The van der Waals surface area contributed by atoms with Crippen molar-refractivity contribution in [3.63, 3.8) is 0 Å². The molecule has 0 aliphatic heterocycles. The molecule has 1 heterocycles. The first-order chi connectivity index (χ1) is 15.8. The van der Waals surface area contributed by atoms with Gasteiger partial charge in [0.15, 0.2) is 17.3 Å². The monoisotopic (exact) mass is 448 g/mol. The lowest BCUT2D eigenvalue weighted by atomic mass is 10.0. The van der Waals surface area contributed by atoms with Gasteiger partial charge in [-0.3, -0.25) is 4.79 Å². The average Bonchev–Trinajstić information content (AvgIpc) is 2.81. The third-order valence-corrected chi connectivity index (χ3v) is 5.20. The smallest absolute Gasteiger partial charge is 0.343 e. The van der Waals surface area contributed by atoms with Crippen molar-refractivity contribution < 1.29 is 27.8 Å². The lowest BCUT2D eigenvalue weighted by molar-refractivity contribution is 0.0731. The van der Waals surface area contributed by atoms with E-state index in [0.29, 0.717) is 28.0 Å². The second-order valence-corrected chi connectivity index (χ2v) is 7.51. The van der Waals surface area contributed by atoms with E-state index in [4.69, 9.17) is 18.6 Å². The molecule has 4 rings (SSSR count). The summed E-state index contributed by atoms with van der Waals surface area (Å²) in [6.07, 6.45) is 0. The molecule has 0 fully saturated rings. The van der Waals surface area contributed by atoms with Crippen molar-refractivity contribution in [1.82, 2.24) is 0 Å². The van der Waals surface area contributed by atoms with E-state index in [9.17, 15) is 14.0 Å². The number of carbonyl (C=O) groups excluding carboxylic acids is 1. The van der Waals surface area contributed by atoms with E-state index in [-0.39, 0.29) is 17.1 Å². The summed E-state index contributed by atoms with van der Waals surface area (Å²) in [6, 6.07) is 13.4. The van der Waals surface area contributed by atoms with E-state index in [1.807, 2.05) is 19.9 Å². The zero-order chi connectivity index (χ0) is 23.7. The molecular formula is C26H21FO6. The van der Waals surface area contributed by atoms with Gasteiger partial charge in [0.1, 0.15) is 11.4 Å². The molecule has 1 aromatic heterocycles. The Morgan fingerprint density at radius 1 is 0.909 bits per heavy atom. The normalized spacial score (nSPS) is 10.8. The maximum absolute atomic E-state index is 13.5. The molecule has 3 aromatic carbocycles. The van der Waals surface area contributed by atoms with Crippen LogP contribution in [-0.2, 0) is 0 Å². The number of halogens is 1. The molecule has 0 amide bonds. The molecule has 0 N–H and O–H groups in total. The van der Waals surface area contributed by atoms with Crippen LogP contribution < -0.4 is 19.6 Å². The molecule has 0 saturated carbocycles. The van der Waals surface area contributed by atoms with Crippen LogP contribution in [0, 0.1) is 19.7 Å². The van der Waals surface area contributed by atoms with Gasteiger partial charge in [0.2, 0.25) is 11.2 Å². The zero-order valence-corrected chi connectivity index (χ0v) is 18.5. The van der Waals surface area contributed by atoms with Crippen LogP contribution in [0.3, 0.4) is 0 Å². The molecule has 4 aromatic rings. The van der Waals surface area contributed by atoms with Gasteiger partial charge in [0.05, 0.1) is 25.2 Å². The Kier molecular flexibility index (Phi) is 5.87. The van der Waals surface area contributed by atoms with Crippen molar-refractivity contribution in [3.8, 4) is 28.6 Å². The summed E-state index contributed by atoms with van der Waals surface area (Å²) in [4.78, 5) is 26.3. The van der Waals surface area contributed by atoms with Crippen LogP contribution in [-0.4, -0.2) is 20.2 Å². The summed E-state index contributed by atoms with van der Waals surface area (Å²) in [5, 5.41) is 0.290. The van der Waals surface area contributed by atoms with Crippen LogP contribution in [0.5, 0.6) is 17.2 Å². The first kappa shape index (κ1) is 22.1. The largest absolute Gasteiger partial charge is 0.493 e. The predicted octanol–water partition coefficient (Wildman–Crippen LogP) is 5.45. The molecule has 0 aliphatic carbocycles. The van der Waals surface area contributed by atoms with Gasteiger partial charge < -0.3 is 18.6 Å². The predicted molar refractivity (Wildman–Crippen MR) is 122 cm³/mol. The van der Waals surface area contributed by atoms with Gasteiger partial charge in [0.25, 0.3) is 0 Å². The van der Waals surface area contributed by atoms with Crippen molar-refractivity contribution in [2.75, 3.05) is 14.2 Å². The number of aryl methyl sites for hydroxylation is 2. The quantitative estimate of drug-likeness (QED) is 0.378. The molecule has 6 nitrogen and oxygen atoms in total. The second kappa shape index (κ2) is 8.78. The SMILES string of the molecule is COc1ccc(-c2oc3c(C)cc(C)cc3c(=O)c2OC(=O)c2ccc(F)cc2)cc1OC. The van der Waals surface area contributed by atoms with Gasteiger partial charge in [-0.1, -0.05) is 6.07 Å². The van der Waals surface area contributed by atoms with Crippen LogP contribution >= 0.6 is 0 Å². The number of rotatable bonds is 5. The summed E-state index contributed by atoms with van der Waals surface area (Å²) in [6.45, 7) is 3.69. The number of hydrogen-bond donors (Lipinski definition) is 0. The topological polar surface area (TPSA) is 75.0 Å². The Morgan fingerprint density at radius 3 is 2.27 bits per heavy atom. The maximum atomic E-state index is 13.5. The molecular weight excluding hydrogens is 427 g/mol. The van der Waals surface area contributed by atoms with E-state index in [2.05, 4.69) is 0 Å². The molecule has 7 heteroatoms. The third kappa shape index (κ3) is 4.17. The van der Waals surface area contributed by atoms with Crippen molar-refractivity contribution in [1.29, 1.82) is 0 Å². The lowest BCUT2D eigenvalue weighted by Gasteiger charge is -2.14. The highest BCUT2D eigenvalue weighted by Gasteiger charge is 2.23. The van der Waals surface area contributed by atoms with Crippen LogP contribution in [0.4, 0.5) is 4.39 Å². The first-order valence-corrected chi connectivity index (χ1v) is 10.1. The van der Waals surface area contributed by atoms with E-state index >= 15 is 0 Å². The van der Waals surface area contributed by atoms with Crippen molar-refractivity contribution in [3.05, 3.63) is 87.3 Å². The number of ether oxygens (including phenoxy) is 3. The number of benzene rings is 3. The highest BCUT2D eigenvalue weighted by Crippen LogP contribution is 2.37. The lowest BCUT2D eigenvalue weighted by Crippen LogP contribution is -2.16. The minimum atomic E-state index is -0.812. The van der Waals surface area contributed by atoms with E-state index in [1.54, 1.807) is 24.3 Å². The minimum Gasteiger partial charge on any atom is -0.493 e. The molecule has 0 aliphatic rings. The number of hydrogen-bond acceptors (Lipinski definition) is 6. The van der Waals surface area contributed by atoms with Gasteiger partial charge in [-0.15, -0.1) is 0 Å². The summed E-state index contributed by atoms with van der Waals surface area (Å²) < 4.78 is 35.6. The van der Waals surface area contributed by atoms with Gasteiger partial charge in [-0.25, -0.2) is 9.18 Å². The highest BCUT2D eigenvalue weighted by molar-refractivity contribution is 5.93. The summed E-state index contributed by atoms with van der Waals surface area (Å²) in [5.74, 6) is -0.610. The maximum Gasteiger partial charge on any atom is 0.343 e. The van der Waals surface area contributed by atoms with Crippen molar-refractivity contribution >= 4 is 16.9 Å². The molecule has 168 valence electrons. The summed E-state index contributed by atoms with van der Waals surface area (Å²) in [5.41, 5.74) is 2.06. The fourth-order valence-corrected chi connectivity index (χ4v) is 3.63. The number of carbonyl (C=O) groups is 1. The molecule has 33 heavy (non-hydrogen) atoms. The van der Waals surface area contributed by atoms with Crippen molar-refractivity contribution in [2.24, 2.45) is 0 Å². The molecule has 0 bridgehead atoms. The Labute approximate surface area is 189 Å². The number of esters is 1. The number of methoxy groups -OCH3 is 2.